The smallest absolute Gasteiger partial charge is 0.142 e. The van der Waals surface area contributed by atoms with Crippen molar-refractivity contribution < 1.29 is 13.5 Å². The molecule has 1 saturated heterocycles. The van der Waals surface area contributed by atoms with E-state index in [1.54, 1.807) is 18.2 Å². The molecule has 1 aliphatic carbocycles. The highest BCUT2D eigenvalue weighted by Gasteiger charge is 2.52. The second-order valence-corrected chi connectivity index (χ2v) is 7.14. The Morgan fingerprint density at radius 3 is 2.50 bits per heavy atom. The van der Waals surface area contributed by atoms with Crippen molar-refractivity contribution in [1.29, 1.82) is 0 Å². The fourth-order valence-electron chi connectivity index (χ4n) is 3.93. The van der Waals surface area contributed by atoms with Gasteiger partial charge >= 0.3 is 0 Å². The zero-order chi connectivity index (χ0) is 16.9. The number of halogens is 2. The molecule has 0 saturated carbocycles. The van der Waals surface area contributed by atoms with Crippen molar-refractivity contribution in [2.24, 2.45) is 0 Å². The Morgan fingerprint density at radius 1 is 1.08 bits per heavy atom. The first-order chi connectivity index (χ1) is 11.5. The summed E-state index contributed by atoms with van der Waals surface area (Å²) in [6.45, 7) is 1.46. The predicted molar refractivity (Wildman–Crippen MR) is 89.1 cm³/mol. The van der Waals surface area contributed by atoms with Crippen LogP contribution >= 0.6 is 0 Å². The van der Waals surface area contributed by atoms with E-state index < -0.39 is 5.60 Å². The molecule has 2 unspecified atom stereocenters. The summed E-state index contributed by atoms with van der Waals surface area (Å²) in [5.74, 6) is -0.249. The van der Waals surface area contributed by atoms with Gasteiger partial charge in [-0.2, -0.15) is 0 Å². The van der Waals surface area contributed by atoms with Crippen molar-refractivity contribution in [3.05, 3.63) is 70.3 Å². The monoisotopic (exact) mass is 329 g/mol. The van der Waals surface area contributed by atoms with Crippen LogP contribution < -0.4 is 0 Å². The third-order valence-corrected chi connectivity index (χ3v) is 5.22. The Morgan fingerprint density at radius 2 is 1.79 bits per heavy atom. The quantitative estimate of drug-likeness (QED) is 0.796. The molecule has 1 heterocycles. The minimum atomic E-state index is -0.590. The molecule has 0 radical (unpaired) electrons. The Kier molecular flexibility index (Phi) is 3.70. The summed E-state index contributed by atoms with van der Waals surface area (Å²) in [5.41, 5.74) is 3.42. The fraction of sp³-hybridized carbons (Fsp3) is 0.400. The van der Waals surface area contributed by atoms with Gasteiger partial charge < -0.3 is 9.64 Å². The molecule has 0 bridgehead atoms. The number of epoxide rings is 1. The summed E-state index contributed by atoms with van der Waals surface area (Å²) in [5, 5.41) is 0. The van der Waals surface area contributed by atoms with E-state index in [2.05, 4.69) is 4.90 Å². The van der Waals surface area contributed by atoms with E-state index in [4.69, 9.17) is 4.74 Å². The number of nitrogens with zero attached hydrogens (tertiary/aromatic N) is 1. The lowest BCUT2D eigenvalue weighted by Crippen LogP contribution is -2.18. The van der Waals surface area contributed by atoms with Crippen LogP contribution in [0, 0.1) is 11.6 Å². The molecule has 4 rings (SSSR count). The fourth-order valence-corrected chi connectivity index (χ4v) is 3.93. The molecule has 2 nitrogen and oxygen atoms in total. The molecular formula is C20H21F2NO. The maximum atomic E-state index is 14.0. The first-order valence-electron chi connectivity index (χ1n) is 8.37. The largest absolute Gasteiger partial charge is 0.359 e. The van der Waals surface area contributed by atoms with Crippen molar-refractivity contribution in [2.45, 2.75) is 24.4 Å². The molecule has 2 aromatic rings. The van der Waals surface area contributed by atoms with Crippen molar-refractivity contribution in [2.75, 3.05) is 27.2 Å². The average molecular weight is 329 g/mol. The summed E-state index contributed by atoms with van der Waals surface area (Å²) in [6, 6.07) is 9.90. The standard InChI is InChI=1S/C20H21F2NO/c1-23(2)8-7-13-9-14-10-15(21)4-6-18(14)20(12-24-20)19-11-16(22)3-5-17(13)19/h3-6,10-11,13H,7-9,12H2,1-2H3. The number of rotatable bonds is 3. The maximum absolute atomic E-state index is 14.0. The van der Waals surface area contributed by atoms with E-state index in [1.165, 1.54) is 12.1 Å². The lowest BCUT2D eigenvalue weighted by atomic mass is 9.86. The molecule has 4 heteroatoms. The van der Waals surface area contributed by atoms with Crippen LogP contribution in [0.4, 0.5) is 8.78 Å². The van der Waals surface area contributed by atoms with Gasteiger partial charge in [0.1, 0.15) is 17.2 Å². The SMILES string of the molecule is CN(C)CCC1Cc2cc(F)ccc2C2(CO2)c2cc(F)ccc21. The van der Waals surface area contributed by atoms with Gasteiger partial charge in [0.25, 0.3) is 0 Å². The number of ether oxygens (including phenoxy) is 1. The van der Waals surface area contributed by atoms with E-state index in [0.717, 1.165) is 41.6 Å². The normalized spacial score (nSPS) is 24.6. The topological polar surface area (TPSA) is 15.8 Å². The average Bonchev–Trinajstić information content (AvgIpc) is 3.33. The second kappa shape index (κ2) is 5.64. The molecule has 2 aliphatic rings. The third kappa shape index (κ3) is 2.54. The number of hydrogen-bond acceptors (Lipinski definition) is 2. The Hall–Kier alpha value is -1.78. The van der Waals surface area contributed by atoms with E-state index in [0.29, 0.717) is 6.61 Å². The lowest BCUT2D eigenvalue weighted by molar-refractivity contribution is 0.346. The van der Waals surface area contributed by atoms with Gasteiger partial charge in [0.05, 0.1) is 6.61 Å². The summed E-state index contributed by atoms with van der Waals surface area (Å²) < 4.78 is 33.6. The van der Waals surface area contributed by atoms with Gasteiger partial charge in [-0.25, -0.2) is 8.78 Å². The van der Waals surface area contributed by atoms with Gasteiger partial charge in [-0.3, -0.25) is 0 Å². The number of benzene rings is 2. The molecule has 0 aromatic heterocycles. The van der Waals surface area contributed by atoms with Crippen molar-refractivity contribution in [3.63, 3.8) is 0 Å². The van der Waals surface area contributed by atoms with Gasteiger partial charge in [0.2, 0.25) is 0 Å². The van der Waals surface area contributed by atoms with Crippen LogP contribution in [-0.4, -0.2) is 32.1 Å². The van der Waals surface area contributed by atoms with Crippen LogP contribution in [0.25, 0.3) is 0 Å². The van der Waals surface area contributed by atoms with Crippen LogP contribution in [0.15, 0.2) is 36.4 Å². The van der Waals surface area contributed by atoms with Crippen LogP contribution in [-0.2, 0) is 16.8 Å². The molecule has 0 amide bonds. The highest BCUT2D eigenvalue weighted by atomic mass is 19.1. The maximum Gasteiger partial charge on any atom is 0.142 e. The Labute approximate surface area is 141 Å². The van der Waals surface area contributed by atoms with Gasteiger partial charge in [-0.05, 0) is 85.9 Å². The summed E-state index contributed by atoms with van der Waals surface area (Å²) in [4.78, 5) is 2.14. The minimum Gasteiger partial charge on any atom is -0.359 e. The highest BCUT2D eigenvalue weighted by molar-refractivity contribution is 5.52. The van der Waals surface area contributed by atoms with Gasteiger partial charge in [-0.1, -0.05) is 12.1 Å². The van der Waals surface area contributed by atoms with Crippen molar-refractivity contribution in [1.82, 2.24) is 4.90 Å². The highest BCUT2D eigenvalue weighted by Crippen LogP contribution is 2.52. The van der Waals surface area contributed by atoms with Crippen LogP contribution in [0.2, 0.25) is 0 Å². The van der Waals surface area contributed by atoms with Crippen molar-refractivity contribution in [3.8, 4) is 0 Å². The Bertz CT molecular complexity index is 783. The zero-order valence-corrected chi connectivity index (χ0v) is 14.0. The third-order valence-electron chi connectivity index (χ3n) is 5.22. The first-order valence-corrected chi connectivity index (χ1v) is 8.37. The van der Waals surface area contributed by atoms with E-state index in [1.807, 2.05) is 20.2 Å². The summed E-state index contributed by atoms with van der Waals surface area (Å²) in [7, 11) is 4.09. The molecule has 1 aliphatic heterocycles. The van der Waals surface area contributed by atoms with Gasteiger partial charge in [-0.15, -0.1) is 0 Å². The zero-order valence-electron chi connectivity index (χ0n) is 14.0. The Balaban J connectivity index is 1.86. The molecule has 2 atom stereocenters. The minimum absolute atomic E-state index is 0.229. The molecule has 1 spiro atoms. The number of fused-ring (bicyclic) bond motifs is 4. The van der Waals surface area contributed by atoms with Gasteiger partial charge in [0.15, 0.2) is 0 Å². The summed E-state index contributed by atoms with van der Waals surface area (Å²) in [6.07, 6.45) is 1.70. The van der Waals surface area contributed by atoms with Gasteiger partial charge in [0, 0.05) is 0 Å². The first kappa shape index (κ1) is 15.7. The molecule has 24 heavy (non-hydrogen) atoms. The van der Waals surface area contributed by atoms with Crippen LogP contribution in [0.5, 0.6) is 0 Å². The predicted octanol–water partition coefficient (Wildman–Crippen LogP) is 3.83. The number of hydrogen-bond donors (Lipinski definition) is 0. The molecule has 2 aromatic carbocycles. The molecule has 0 N–H and O–H groups in total. The van der Waals surface area contributed by atoms with Crippen molar-refractivity contribution >= 4 is 0 Å². The summed E-state index contributed by atoms with van der Waals surface area (Å²) >= 11 is 0. The van der Waals surface area contributed by atoms with Crippen LogP contribution in [0.3, 0.4) is 0 Å². The lowest BCUT2D eigenvalue weighted by Gasteiger charge is -2.21. The van der Waals surface area contributed by atoms with E-state index in [9.17, 15) is 8.78 Å². The van der Waals surface area contributed by atoms with E-state index in [-0.39, 0.29) is 17.6 Å². The molecular weight excluding hydrogens is 308 g/mol. The molecule has 1 fully saturated rings. The molecule has 126 valence electrons. The van der Waals surface area contributed by atoms with E-state index >= 15 is 0 Å². The van der Waals surface area contributed by atoms with Crippen LogP contribution in [0.1, 0.15) is 34.6 Å². The second-order valence-electron chi connectivity index (χ2n) is 7.14.